The summed E-state index contributed by atoms with van der Waals surface area (Å²) in [6, 6.07) is 0. The van der Waals surface area contributed by atoms with E-state index in [2.05, 4.69) is 0 Å². The zero-order valence-electron chi connectivity index (χ0n) is 6.57. The van der Waals surface area contributed by atoms with Gasteiger partial charge in [-0.3, -0.25) is 4.55 Å². The van der Waals surface area contributed by atoms with Crippen LogP contribution in [0.5, 0.6) is 0 Å². The van der Waals surface area contributed by atoms with Gasteiger partial charge in [0, 0.05) is 46.9 Å². The molecule has 0 bridgehead atoms. The maximum atomic E-state index is 10.7. The Kier molecular flexibility index (Phi) is 65.2. The van der Waals surface area contributed by atoms with Crippen molar-refractivity contribution in [3.8, 4) is 0 Å². The molecule has 15 heavy (non-hydrogen) atoms. The molecule has 14 heteroatoms. The number of hydrogen-bond donors (Lipinski definition) is 1. The summed E-state index contributed by atoms with van der Waals surface area (Å²) in [5, 5.41) is 0. The Bertz CT molecular complexity index is 174. The third kappa shape index (κ3) is 25.3. The van der Waals surface area contributed by atoms with Crippen molar-refractivity contribution >= 4 is 10.1 Å². The van der Waals surface area contributed by atoms with Gasteiger partial charge in [-0.05, 0) is 0 Å². The van der Waals surface area contributed by atoms with E-state index < -0.39 is 15.6 Å². The van der Waals surface area contributed by atoms with Gasteiger partial charge in [0.25, 0.3) is 0 Å². The monoisotopic (exact) mass is 432 g/mol. The maximum Gasteiger partial charge on any atom is 0.522 e. The molecule has 0 radical (unpaired) electrons. The van der Waals surface area contributed by atoms with Crippen molar-refractivity contribution in [2.75, 3.05) is 0 Å². The Morgan fingerprint density at radius 3 is 0.867 bits per heavy atom. The molecule has 0 aromatic heterocycles. The number of rotatable bonds is 0. The molecule has 0 unspecified atom stereocenters. The van der Waals surface area contributed by atoms with Gasteiger partial charge in [0.05, 0.1) is 0 Å². The summed E-state index contributed by atoms with van der Waals surface area (Å²) in [5.41, 5.74) is -5.53. The molecule has 0 spiro atoms. The molecule has 0 saturated carbocycles. The molecule has 0 amide bonds. The summed E-state index contributed by atoms with van der Waals surface area (Å²) in [7, 11) is -5.84. The minimum absolute atomic E-state index is 0. The van der Waals surface area contributed by atoms with Crippen molar-refractivity contribution in [1.82, 2.24) is 0 Å². The first kappa shape index (κ1) is 56.3. The standard InChI is InChI=1S/CHF3O3S.6H2O.Yb/c2-1(3,4)8(5,6)7;;;;;;;/h(H,5,6,7);6*1H2;. The Hall–Kier alpha value is 0.979. The van der Waals surface area contributed by atoms with Crippen LogP contribution >= 0.6 is 0 Å². The molecular formula is CH13F3O9SYb. The first-order chi connectivity index (χ1) is 3.25. The molecule has 0 aromatic carbocycles. The molecule has 0 aliphatic heterocycles. The second-order valence-corrected chi connectivity index (χ2v) is 2.33. The smallest absolute Gasteiger partial charge is 0.412 e. The molecule has 9 nitrogen and oxygen atoms in total. The SMILES string of the molecule is O.O.O.O.O.O.O=S(=O)(O)C(F)(F)F.[Yb]. The minimum Gasteiger partial charge on any atom is -0.412 e. The maximum absolute atomic E-state index is 10.7. The van der Waals surface area contributed by atoms with Gasteiger partial charge in [-0.2, -0.15) is 21.6 Å². The van der Waals surface area contributed by atoms with Crippen molar-refractivity contribution in [2.45, 2.75) is 5.51 Å². The molecule has 0 aliphatic carbocycles. The Morgan fingerprint density at radius 2 is 0.867 bits per heavy atom. The number of hydrogen-bond acceptors (Lipinski definition) is 2. The Morgan fingerprint density at radius 1 is 0.800 bits per heavy atom. The van der Waals surface area contributed by atoms with Crippen molar-refractivity contribution < 1.29 is 106 Å². The molecule has 13 N–H and O–H groups in total. The zero-order valence-corrected chi connectivity index (χ0v) is 9.10. The summed E-state index contributed by atoms with van der Waals surface area (Å²) >= 11 is 0. The van der Waals surface area contributed by atoms with E-state index >= 15 is 0 Å². The van der Waals surface area contributed by atoms with E-state index in [4.69, 9.17) is 13.0 Å². The van der Waals surface area contributed by atoms with Gasteiger partial charge in [-0.1, -0.05) is 0 Å². The van der Waals surface area contributed by atoms with Crippen LogP contribution in [-0.4, -0.2) is 51.3 Å². The largest absolute Gasteiger partial charge is 0.522 e. The van der Waals surface area contributed by atoms with E-state index in [-0.39, 0.29) is 79.8 Å². The summed E-state index contributed by atoms with van der Waals surface area (Å²) in [6.45, 7) is 0. The van der Waals surface area contributed by atoms with Gasteiger partial charge in [0.1, 0.15) is 0 Å². The molecule has 112 valence electrons. The van der Waals surface area contributed by atoms with Gasteiger partial charge in [-0.15, -0.1) is 0 Å². The number of halogens is 3. The minimum atomic E-state index is -5.84. The van der Waals surface area contributed by atoms with Crippen molar-refractivity contribution in [3.05, 3.63) is 0 Å². The van der Waals surface area contributed by atoms with Crippen molar-refractivity contribution in [2.24, 2.45) is 0 Å². The van der Waals surface area contributed by atoms with Crippen molar-refractivity contribution in [3.63, 3.8) is 0 Å². The van der Waals surface area contributed by atoms with Crippen LogP contribution in [0.3, 0.4) is 0 Å². The van der Waals surface area contributed by atoms with Crippen LogP contribution in [0.25, 0.3) is 0 Å². The second-order valence-electron chi connectivity index (χ2n) is 0.921. The van der Waals surface area contributed by atoms with Crippen LogP contribution in [0, 0.1) is 46.9 Å². The topological polar surface area (TPSA) is 243 Å². The summed E-state index contributed by atoms with van der Waals surface area (Å²) < 4.78 is 57.5. The van der Waals surface area contributed by atoms with Gasteiger partial charge in [0.2, 0.25) is 0 Å². The van der Waals surface area contributed by atoms with Gasteiger partial charge in [-0.25, -0.2) is 0 Å². The summed E-state index contributed by atoms with van der Waals surface area (Å²) in [4.78, 5) is 0. The van der Waals surface area contributed by atoms with Crippen LogP contribution in [0.4, 0.5) is 13.2 Å². The molecule has 0 aliphatic rings. The zero-order chi connectivity index (χ0) is 7.00. The summed E-state index contributed by atoms with van der Waals surface area (Å²) in [6.07, 6.45) is 0. The number of alkyl halides is 3. The van der Waals surface area contributed by atoms with Crippen LogP contribution in [0.1, 0.15) is 0 Å². The second kappa shape index (κ2) is 17.4. The predicted octanol–water partition coefficient (Wildman–Crippen LogP) is -4.55. The molecule has 0 atom stereocenters. The first-order valence-electron chi connectivity index (χ1n) is 1.29. The van der Waals surface area contributed by atoms with E-state index in [1.54, 1.807) is 0 Å². The first-order valence-corrected chi connectivity index (χ1v) is 2.73. The van der Waals surface area contributed by atoms with E-state index in [9.17, 15) is 13.2 Å². The van der Waals surface area contributed by atoms with Crippen LogP contribution in [-0.2, 0) is 10.1 Å². The van der Waals surface area contributed by atoms with E-state index in [1.807, 2.05) is 0 Å². The van der Waals surface area contributed by atoms with Crippen LogP contribution in [0.2, 0.25) is 0 Å². The Balaban J connectivity index is -0.0000000117. The Labute approximate surface area is 120 Å². The fraction of sp³-hybridized carbons (Fsp3) is 1.00. The third-order valence-corrected chi connectivity index (χ3v) is 0.877. The molecule has 0 fully saturated rings. The average Bonchev–Trinajstić information content (AvgIpc) is 1.25. The van der Waals surface area contributed by atoms with E-state index in [0.29, 0.717) is 0 Å². The normalized spacial score (nSPS) is 7.47. The molecular weight excluding hydrogens is 418 g/mol. The van der Waals surface area contributed by atoms with Crippen molar-refractivity contribution in [1.29, 1.82) is 0 Å². The summed E-state index contributed by atoms with van der Waals surface area (Å²) in [5.74, 6) is 0. The molecule has 0 saturated heterocycles. The average molecular weight is 431 g/mol. The molecule has 0 aromatic rings. The molecule has 0 heterocycles. The quantitative estimate of drug-likeness (QED) is 0.294. The van der Waals surface area contributed by atoms with E-state index in [1.165, 1.54) is 0 Å². The molecule has 0 rings (SSSR count). The van der Waals surface area contributed by atoms with Crippen LogP contribution in [0.15, 0.2) is 0 Å². The van der Waals surface area contributed by atoms with Gasteiger partial charge >= 0.3 is 15.6 Å². The fourth-order valence-electron chi connectivity index (χ4n) is 0. The van der Waals surface area contributed by atoms with E-state index in [0.717, 1.165) is 0 Å². The van der Waals surface area contributed by atoms with Crippen LogP contribution < -0.4 is 0 Å². The van der Waals surface area contributed by atoms with Gasteiger partial charge in [0.15, 0.2) is 0 Å². The third-order valence-electron chi connectivity index (χ3n) is 0.292. The predicted molar refractivity (Wildman–Crippen MR) is 39.3 cm³/mol. The fourth-order valence-corrected chi connectivity index (χ4v) is 0. The van der Waals surface area contributed by atoms with Gasteiger partial charge < -0.3 is 32.9 Å².